The summed E-state index contributed by atoms with van der Waals surface area (Å²) in [7, 11) is 0. The Labute approximate surface area is 294 Å². The van der Waals surface area contributed by atoms with Crippen LogP contribution in [0.4, 0.5) is 11.6 Å². The number of anilines is 2. The minimum atomic E-state index is 0.267. The summed E-state index contributed by atoms with van der Waals surface area (Å²) in [6.07, 6.45) is 11.8. The first-order valence-corrected chi connectivity index (χ1v) is 19.0. The molecule has 48 heavy (non-hydrogen) atoms. The largest absolute Gasteiger partial charge is 0.367 e. The fraction of sp³-hybridized carbons (Fsp3) is 0.700. The predicted octanol–water partition coefficient (Wildman–Crippen LogP) is 9.33. The Morgan fingerprint density at radius 1 is 0.750 bits per heavy atom. The Kier molecular flexibility index (Phi) is 21.5. The summed E-state index contributed by atoms with van der Waals surface area (Å²) in [6, 6.07) is 9.14. The van der Waals surface area contributed by atoms with Crippen LogP contribution in [0.1, 0.15) is 138 Å². The molecule has 2 aromatic rings. The standard InChI is InChI=1S/C16H23N3O.C16H25N3O.C4H10.2C2H6/c1-12-5-8-17-15(11-12)18-14-6-9-19(10-7-14)16(20)13-3-2-4-13;1-4-16(20)19-9-6-14(7-10-19)18-15-11-13(12(2)3)5-8-17-15;1-4(2)3;2*1-2/h5,8,11,13-14H,2-4,6-7,9-10H2,1H3,(H,17,18);5,8,11-12,14H,4,6-7,9-10H2,1-3H3,(H,17,18);4H,1-3H3;2*1-2H3. The third kappa shape index (κ3) is 15.8. The topological polar surface area (TPSA) is 90.5 Å². The number of amides is 2. The van der Waals surface area contributed by atoms with Gasteiger partial charge in [-0.3, -0.25) is 9.59 Å². The minimum Gasteiger partial charge on any atom is -0.367 e. The van der Waals surface area contributed by atoms with Gasteiger partial charge in [-0.1, -0.05) is 75.7 Å². The van der Waals surface area contributed by atoms with Crippen LogP contribution in [0.3, 0.4) is 0 Å². The maximum atomic E-state index is 12.2. The van der Waals surface area contributed by atoms with E-state index in [1.54, 1.807) is 0 Å². The second kappa shape index (κ2) is 24.0. The first-order chi connectivity index (χ1) is 23.0. The molecular formula is C40H70N6O2. The maximum Gasteiger partial charge on any atom is 0.225 e. The highest BCUT2D eigenvalue weighted by molar-refractivity contribution is 5.79. The molecular weight excluding hydrogens is 596 g/mol. The highest BCUT2D eigenvalue weighted by Gasteiger charge is 2.31. The summed E-state index contributed by atoms with van der Waals surface area (Å²) in [4.78, 5) is 36.6. The van der Waals surface area contributed by atoms with E-state index in [9.17, 15) is 9.59 Å². The molecule has 5 rings (SSSR count). The lowest BCUT2D eigenvalue weighted by atomic mass is 9.84. The van der Waals surface area contributed by atoms with Crippen LogP contribution in [-0.4, -0.2) is 69.8 Å². The molecule has 0 aromatic carbocycles. The average molecular weight is 667 g/mol. The SMILES string of the molecule is CC.CC.CC(C)C.CCC(=O)N1CCC(Nc2cc(C(C)C)ccn2)CC1.Cc1ccnc(NC2CCN(C(=O)C3CCC3)CC2)c1. The van der Waals surface area contributed by atoms with Gasteiger partial charge in [0.1, 0.15) is 11.6 Å². The van der Waals surface area contributed by atoms with E-state index in [1.807, 2.05) is 58.0 Å². The molecule has 1 aliphatic carbocycles. The second-order valence-corrected chi connectivity index (χ2v) is 13.6. The highest BCUT2D eigenvalue weighted by Crippen LogP contribution is 2.29. The Balaban J connectivity index is 0.000000395. The number of aromatic nitrogens is 2. The molecule has 1 saturated carbocycles. The number of hydrogen-bond donors (Lipinski definition) is 2. The van der Waals surface area contributed by atoms with E-state index in [0.717, 1.165) is 82.3 Å². The van der Waals surface area contributed by atoms with E-state index in [1.165, 1.54) is 17.5 Å². The molecule has 2 saturated heterocycles. The molecule has 0 bridgehead atoms. The molecule has 0 radical (unpaired) electrons. The summed E-state index contributed by atoms with van der Waals surface area (Å²) < 4.78 is 0. The van der Waals surface area contributed by atoms with E-state index in [0.29, 0.717) is 36.2 Å². The first kappa shape index (κ1) is 42.9. The van der Waals surface area contributed by atoms with E-state index >= 15 is 0 Å². The van der Waals surface area contributed by atoms with Crippen molar-refractivity contribution in [3.63, 3.8) is 0 Å². The second-order valence-electron chi connectivity index (χ2n) is 13.6. The number of nitrogens with one attached hydrogen (secondary N) is 2. The lowest BCUT2D eigenvalue weighted by molar-refractivity contribution is -0.139. The summed E-state index contributed by atoms with van der Waals surface area (Å²) in [6.45, 7) is 26.4. The number of hydrogen-bond acceptors (Lipinski definition) is 6. The molecule has 2 aromatic heterocycles. The van der Waals surface area contributed by atoms with Crippen molar-refractivity contribution in [1.82, 2.24) is 19.8 Å². The summed E-state index contributed by atoms with van der Waals surface area (Å²) >= 11 is 0. The fourth-order valence-electron chi connectivity index (χ4n) is 5.57. The van der Waals surface area contributed by atoms with Crippen LogP contribution in [-0.2, 0) is 9.59 Å². The van der Waals surface area contributed by atoms with Gasteiger partial charge in [0.25, 0.3) is 0 Å². The zero-order valence-electron chi connectivity index (χ0n) is 32.4. The van der Waals surface area contributed by atoms with Gasteiger partial charge < -0.3 is 20.4 Å². The van der Waals surface area contributed by atoms with Crippen molar-refractivity contribution in [3.05, 3.63) is 47.8 Å². The van der Waals surface area contributed by atoms with Crippen LogP contribution in [0, 0.1) is 18.8 Å². The molecule has 0 unspecified atom stereocenters. The van der Waals surface area contributed by atoms with Crippen molar-refractivity contribution in [2.75, 3.05) is 36.8 Å². The molecule has 8 heteroatoms. The number of carbonyl (C=O) groups is 2. The van der Waals surface area contributed by atoms with Gasteiger partial charge in [0.2, 0.25) is 11.8 Å². The van der Waals surface area contributed by atoms with Crippen LogP contribution in [0.2, 0.25) is 0 Å². The van der Waals surface area contributed by atoms with Gasteiger partial charge in [-0.05, 0) is 92.7 Å². The summed E-state index contributed by atoms with van der Waals surface area (Å²) in [5, 5.41) is 6.99. The quantitative estimate of drug-likeness (QED) is 0.306. The fourth-order valence-corrected chi connectivity index (χ4v) is 5.57. The Hall–Kier alpha value is -3.16. The normalized spacial score (nSPS) is 16.4. The van der Waals surface area contributed by atoms with Crippen LogP contribution >= 0.6 is 0 Å². The molecule has 8 nitrogen and oxygen atoms in total. The molecule has 0 atom stereocenters. The number of piperidine rings is 2. The van der Waals surface area contributed by atoms with Gasteiger partial charge >= 0.3 is 0 Å². The van der Waals surface area contributed by atoms with Gasteiger partial charge in [0.05, 0.1) is 0 Å². The number of rotatable bonds is 7. The molecule has 2 N–H and O–H groups in total. The molecule has 0 spiro atoms. The maximum absolute atomic E-state index is 12.2. The van der Waals surface area contributed by atoms with Gasteiger partial charge in [-0.2, -0.15) is 0 Å². The monoisotopic (exact) mass is 667 g/mol. The lowest BCUT2D eigenvalue weighted by Crippen LogP contribution is -2.46. The Morgan fingerprint density at radius 2 is 1.21 bits per heavy atom. The van der Waals surface area contributed by atoms with Crippen LogP contribution in [0.25, 0.3) is 0 Å². The number of likely N-dealkylation sites (tertiary alicyclic amines) is 2. The highest BCUT2D eigenvalue weighted by atomic mass is 16.2. The third-order valence-corrected chi connectivity index (χ3v) is 8.48. The number of pyridine rings is 2. The van der Waals surface area contributed by atoms with E-state index in [4.69, 9.17) is 0 Å². The van der Waals surface area contributed by atoms with Crippen molar-refractivity contribution in [2.24, 2.45) is 11.8 Å². The van der Waals surface area contributed by atoms with Gasteiger partial charge in [0, 0.05) is 63.0 Å². The van der Waals surface area contributed by atoms with Crippen molar-refractivity contribution in [1.29, 1.82) is 0 Å². The molecule has 4 heterocycles. The Bertz CT molecular complexity index is 1150. The van der Waals surface area contributed by atoms with Crippen molar-refractivity contribution in [3.8, 4) is 0 Å². The van der Waals surface area contributed by atoms with E-state index in [2.05, 4.69) is 85.2 Å². The Morgan fingerprint density at radius 3 is 1.62 bits per heavy atom. The van der Waals surface area contributed by atoms with Crippen LogP contribution < -0.4 is 10.6 Å². The van der Waals surface area contributed by atoms with E-state index < -0.39 is 0 Å². The lowest BCUT2D eigenvalue weighted by Gasteiger charge is -2.36. The molecule has 272 valence electrons. The summed E-state index contributed by atoms with van der Waals surface area (Å²) in [5.74, 6) is 4.25. The minimum absolute atomic E-state index is 0.267. The first-order valence-electron chi connectivity index (χ1n) is 19.0. The molecule has 2 amide bonds. The average Bonchev–Trinajstić information content (AvgIpc) is 3.06. The number of carbonyl (C=O) groups excluding carboxylic acids is 2. The number of aryl methyl sites for hydroxylation is 1. The van der Waals surface area contributed by atoms with Crippen LogP contribution in [0.5, 0.6) is 0 Å². The van der Waals surface area contributed by atoms with Crippen molar-refractivity contribution >= 4 is 23.5 Å². The zero-order chi connectivity index (χ0) is 36.1. The van der Waals surface area contributed by atoms with E-state index in [-0.39, 0.29) is 5.91 Å². The van der Waals surface area contributed by atoms with Gasteiger partial charge in [-0.25, -0.2) is 9.97 Å². The number of nitrogens with zero attached hydrogens (tertiary/aromatic N) is 4. The van der Waals surface area contributed by atoms with Crippen molar-refractivity contribution in [2.45, 2.75) is 146 Å². The molecule has 2 aliphatic heterocycles. The zero-order valence-corrected chi connectivity index (χ0v) is 32.4. The van der Waals surface area contributed by atoms with Gasteiger partial charge in [0.15, 0.2) is 0 Å². The van der Waals surface area contributed by atoms with Gasteiger partial charge in [-0.15, -0.1) is 0 Å². The predicted molar refractivity (Wildman–Crippen MR) is 205 cm³/mol. The molecule has 3 fully saturated rings. The molecule has 3 aliphatic rings. The van der Waals surface area contributed by atoms with Crippen LogP contribution in [0.15, 0.2) is 36.7 Å². The van der Waals surface area contributed by atoms with Crippen molar-refractivity contribution < 1.29 is 9.59 Å². The smallest absolute Gasteiger partial charge is 0.225 e. The third-order valence-electron chi connectivity index (χ3n) is 8.48. The summed E-state index contributed by atoms with van der Waals surface area (Å²) in [5.41, 5.74) is 2.53.